The molecule has 3 rings (SSSR count). The van der Waals surface area contributed by atoms with Gasteiger partial charge in [0.1, 0.15) is 0 Å². The number of hydrogen-bond acceptors (Lipinski definition) is 5. The molecule has 0 saturated carbocycles. The zero-order chi connectivity index (χ0) is 13.1. The largest absolute Gasteiger partial charge is 0.334 e. The molecule has 100 valence electrons. The summed E-state index contributed by atoms with van der Waals surface area (Å²) in [6.07, 6.45) is 5.76. The Morgan fingerprint density at radius 3 is 3.21 bits per heavy atom. The molecule has 5 nitrogen and oxygen atoms in total. The lowest BCUT2D eigenvalue weighted by molar-refractivity contribution is 0.359. The van der Waals surface area contributed by atoms with Crippen LogP contribution in [-0.4, -0.2) is 28.2 Å². The van der Waals surface area contributed by atoms with E-state index in [1.807, 2.05) is 0 Å². The molecule has 1 saturated heterocycles. The molecule has 0 aliphatic carbocycles. The van der Waals surface area contributed by atoms with Crippen molar-refractivity contribution in [1.82, 2.24) is 20.4 Å². The van der Waals surface area contributed by atoms with Gasteiger partial charge in [0.2, 0.25) is 0 Å². The predicted octanol–water partition coefficient (Wildman–Crippen LogP) is 1.81. The van der Waals surface area contributed by atoms with E-state index in [1.165, 1.54) is 25.1 Å². The van der Waals surface area contributed by atoms with Crippen molar-refractivity contribution in [3.05, 3.63) is 30.1 Å². The van der Waals surface area contributed by atoms with Gasteiger partial charge in [-0.1, -0.05) is 5.16 Å². The number of piperidine rings is 1. The Bertz CT molecular complexity index is 551. The fourth-order valence-corrected chi connectivity index (χ4v) is 2.35. The minimum Gasteiger partial charge on any atom is -0.334 e. The van der Waals surface area contributed by atoms with Crippen LogP contribution in [0.2, 0.25) is 0 Å². The Morgan fingerprint density at radius 1 is 1.47 bits per heavy atom. The predicted molar refractivity (Wildman–Crippen MR) is 66.8 cm³/mol. The Kier molecular flexibility index (Phi) is 3.50. The van der Waals surface area contributed by atoms with Crippen molar-refractivity contribution >= 4 is 0 Å². The summed E-state index contributed by atoms with van der Waals surface area (Å²) in [5.41, 5.74) is 0.301. The summed E-state index contributed by atoms with van der Waals surface area (Å²) in [6, 6.07) is 1.54. The van der Waals surface area contributed by atoms with E-state index in [-0.39, 0.29) is 5.89 Å². The lowest BCUT2D eigenvalue weighted by atomic mass is 9.96. The van der Waals surface area contributed by atoms with Gasteiger partial charge in [-0.15, -0.1) is 0 Å². The third-order valence-electron chi connectivity index (χ3n) is 3.34. The van der Waals surface area contributed by atoms with Gasteiger partial charge in [0.15, 0.2) is 11.6 Å². The van der Waals surface area contributed by atoms with Crippen molar-refractivity contribution in [3.63, 3.8) is 0 Å². The maximum Gasteiger partial charge on any atom is 0.261 e. The highest BCUT2D eigenvalue weighted by atomic mass is 19.1. The van der Waals surface area contributed by atoms with E-state index in [9.17, 15) is 4.39 Å². The van der Waals surface area contributed by atoms with Crippen LogP contribution < -0.4 is 5.32 Å². The zero-order valence-electron chi connectivity index (χ0n) is 10.5. The van der Waals surface area contributed by atoms with Crippen molar-refractivity contribution in [2.24, 2.45) is 5.92 Å². The van der Waals surface area contributed by atoms with Crippen molar-refractivity contribution in [1.29, 1.82) is 0 Å². The minimum atomic E-state index is -0.447. The van der Waals surface area contributed by atoms with Gasteiger partial charge in [0.05, 0.1) is 11.8 Å². The van der Waals surface area contributed by atoms with Crippen LogP contribution in [0, 0.1) is 11.7 Å². The third kappa shape index (κ3) is 2.78. The first-order chi connectivity index (χ1) is 9.33. The molecule has 3 heterocycles. The second-order valence-corrected chi connectivity index (χ2v) is 4.79. The molecule has 0 bridgehead atoms. The van der Waals surface area contributed by atoms with Gasteiger partial charge in [-0.2, -0.15) is 4.98 Å². The molecular formula is C13H15FN4O. The molecule has 1 unspecified atom stereocenters. The maximum absolute atomic E-state index is 13.5. The first kappa shape index (κ1) is 12.2. The van der Waals surface area contributed by atoms with Crippen LogP contribution in [0.3, 0.4) is 0 Å². The van der Waals surface area contributed by atoms with Crippen molar-refractivity contribution in [2.75, 3.05) is 13.1 Å². The van der Waals surface area contributed by atoms with E-state index in [2.05, 4.69) is 20.4 Å². The Hall–Kier alpha value is -1.82. The van der Waals surface area contributed by atoms with Crippen LogP contribution >= 0.6 is 0 Å². The molecule has 19 heavy (non-hydrogen) atoms. The fourth-order valence-electron chi connectivity index (χ4n) is 2.35. The normalized spacial score (nSPS) is 19.5. The number of aromatic nitrogens is 3. The summed E-state index contributed by atoms with van der Waals surface area (Å²) in [5.74, 6) is 0.942. The highest BCUT2D eigenvalue weighted by Gasteiger charge is 2.18. The SMILES string of the molecule is Fc1cnccc1-c1nc(CC2CCCNC2)no1. The van der Waals surface area contributed by atoms with Gasteiger partial charge in [-0.3, -0.25) is 4.98 Å². The summed E-state index contributed by atoms with van der Waals surface area (Å²) >= 11 is 0. The van der Waals surface area contributed by atoms with E-state index in [4.69, 9.17) is 4.52 Å². The third-order valence-corrected chi connectivity index (χ3v) is 3.34. The number of nitrogens with zero attached hydrogens (tertiary/aromatic N) is 3. The Labute approximate surface area is 110 Å². The van der Waals surface area contributed by atoms with Crippen molar-refractivity contribution in [3.8, 4) is 11.5 Å². The van der Waals surface area contributed by atoms with Crippen LogP contribution in [0.15, 0.2) is 23.0 Å². The van der Waals surface area contributed by atoms with Crippen LogP contribution in [-0.2, 0) is 6.42 Å². The maximum atomic E-state index is 13.5. The summed E-state index contributed by atoms with van der Waals surface area (Å²) in [5, 5.41) is 7.28. The number of rotatable bonds is 3. The molecule has 0 aromatic carbocycles. The fraction of sp³-hybridized carbons (Fsp3) is 0.462. The van der Waals surface area contributed by atoms with Gasteiger partial charge < -0.3 is 9.84 Å². The smallest absolute Gasteiger partial charge is 0.261 e. The second kappa shape index (κ2) is 5.44. The monoisotopic (exact) mass is 262 g/mol. The number of hydrogen-bond donors (Lipinski definition) is 1. The van der Waals surface area contributed by atoms with Crippen LogP contribution in [0.4, 0.5) is 4.39 Å². The number of nitrogens with one attached hydrogen (secondary N) is 1. The molecule has 2 aromatic rings. The lowest BCUT2D eigenvalue weighted by Gasteiger charge is -2.20. The summed E-state index contributed by atoms with van der Waals surface area (Å²) in [7, 11) is 0. The van der Waals surface area contributed by atoms with E-state index < -0.39 is 5.82 Å². The molecule has 1 aliphatic rings. The van der Waals surface area contributed by atoms with Gasteiger partial charge in [0, 0.05) is 12.6 Å². The van der Waals surface area contributed by atoms with Crippen molar-refractivity contribution in [2.45, 2.75) is 19.3 Å². The summed E-state index contributed by atoms with van der Waals surface area (Å²) < 4.78 is 18.7. The average molecular weight is 262 g/mol. The Morgan fingerprint density at radius 2 is 2.42 bits per heavy atom. The second-order valence-electron chi connectivity index (χ2n) is 4.79. The molecule has 6 heteroatoms. The first-order valence-corrected chi connectivity index (χ1v) is 6.46. The van der Waals surface area contributed by atoms with E-state index in [1.54, 1.807) is 0 Å². The van der Waals surface area contributed by atoms with E-state index in [0.29, 0.717) is 17.3 Å². The quantitative estimate of drug-likeness (QED) is 0.914. The lowest BCUT2D eigenvalue weighted by Crippen LogP contribution is -2.31. The Balaban J connectivity index is 1.74. The van der Waals surface area contributed by atoms with Crippen molar-refractivity contribution < 1.29 is 8.91 Å². The van der Waals surface area contributed by atoms with E-state index >= 15 is 0 Å². The highest BCUT2D eigenvalue weighted by molar-refractivity contribution is 5.52. The van der Waals surface area contributed by atoms with Gasteiger partial charge in [-0.05, 0) is 37.9 Å². The molecule has 1 fully saturated rings. The standard InChI is InChI=1S/C13H15FN4O/c14-11-8-16-5-3-10(11)13-17-12(18-19-13)6-9-2-1-4-15-7-9/h3,5,8-9,15H,1-2,4,6-7H2. The van der Waals surface area contributed by atoms with E-state index in [0.717, 1.165) is 25.7 Å². The van der Waals surface area contributed by atoms with Crippen LogP contribution in [0.1, 0.15) is 18.7 Å². The molecule has 0 amide bonds. The minimum absolute atomic E-state index is 0.221. The van der Waals surface area contributed by atoms with Crippen LogP contribution in [0.5, 0.6) is 0 Å². The van der Waals surface area contributed by atoms with Gasteiger partial charge >= 0.3 is 0 Å². The molecule has 2 aromatic heterocycles. The molecule has 1 N–H and O–H groups in total. The molecule has 1 atom stereocenters. The average Bonchev–Trinajstić information content (AvgIpc) is 2.89. The molecule has 0 radical (unpaired) electrons. The molecular weight excluding hydrogens is 247 g/mol. The topological polar surface area (TPSA) is 63.8 Å². The van der Waals surface area contributed by atoms with Crippen LogP contribution in [0.25, 0.3) is 11.5 Å². The first-order valence-electron chi connectivity index (χ1n) is 6.46. The summed E-state index contributed by atoms with van der Waals surface area (Å²) in [4.78, 5) is 7.96. The van der Waals surface area contributed by atoms with Gasteiger partial charge in [0.25, 0.3) is 5.89 Å². The molecule has 1 aliphatic heterocycles. The van der Waals surface area contributed by atoms with Gasteiger partial charge in [-0.25, -0.2) is 4.39 Å². The summed E-state index contributed by atoms with van der Waals surface area (Å²) in [6.45, 7) is 2.06. The highest BCUT2D eigenvalue weighted by Crippen LogP contribution is 2.21. The molecule has 0 spiro atoms. The zero-order valence-corrected chi connectivity index (χ0v) is 10.5. The number of halogens is 1. The number of pyridine rings is 1.